The number of hydrogen-bond acceptors (Lipinski definition) is 2. The smallest absolute Gasteiger partial charge is 0.293 e. The van der Waals surface area contributed by atoms with Crippen LogP contribution in [0.5, 0.6) is 0 Å². The molecule has 1 saturated heterocycles. The largest absolute Gasteiger partial charge is 0.460 e. The van der Waals surface area contributed by atoms with Crippen LogP contribution in [0.15, 0.2) is 0 Å². The van der Waals surface area contributed by atoms with E-state index in [1.165, 1.54) is 0 Å². The minimum absolute atomic E-state index is 0.0618. The molecule has 1 aliphatic rings. The summed E-state index contributed by atoms with van der Waals surface area (Å²) < 4.78 is 38.1. The summed E-state index contributed by atoms with van der Waals surface area (Å²) >= 11 is 0. The first-order valence-corrected chi connectivity index (χ1v) is 5.65. The molecular formula is C11H21F3N2. The Bertz CT molecular complexity index is 219. The van der Waals surface area contributed by atoms with Gasteiger partial charge in [0.05, 0.1) is 0 Å². The number of piperazine rings is 1. The lowest BCUT2D eigenvalue weighted by Crippen LogP contribution is -2.64. The first kappa shape index (κ1) is 13.8. The molecule has 0 aromatic carbocycles. The van der Waals surface area contributed by atoms with Gasteiger partial charge in [-0.1, -0.05) is 0 Å². The van der Waals surface area contributed by atoms with Crippen molar-refractivity contribution >= 4 is 0 Å². The normalized spacial score (nSPS) is 30.8. The molecule has 1 aliphatic heterocycles. The number of nitrogens with zero attached hydrogens (tertiary/aromatic N) is 2. The second kappa shape index (κ2) is 4.18. The average Bonchev–Trinajstić information content (AvgIpc) is 2.05. The highest BCUT2D eigenvalue weighted by molar-refractivity contribution is 4.92. The third-order valence-corrected chi connectivity index (χ3v) is 3.45. The molecule has 1 heterocycles. The number of alkyl halides is 3. The van der Waals surface area contributed by atoms with Gasteiger partial charge in [0.2, 0.25) is 0 Å². The van der Waals surface area contributed by atoms with Crippen LogP contribution in [0.25, 0.3) is 0 Å². The molecule has 2 nitrogen and oxygen atoms in total. The molecule has 2 atom stereocenters. The molecule has 1 rings (SSSR count). The van der Waals surface area contributed by atoms with Crippen LogP contribution in [-0.4, -0.2) is 46.8 Å². The molecule has 0 radical (unpaired) electrons. The molecule has 0 aromatic heterocycles. The van der Waals surface area contributed by atoms with Gasteiger partial charge in [0.15, 0.2) is 0 Å². The van der Waals surface area contributed by atoms with Crippen molar-refractivity contribution in [3.05, 3.63) is 0 Å². The Labute approximate surface area is 95.4 Å². The Hall–Kier alpha value is -0.290. The summed E-state index contributed by atoms with van der Waals surface area (Å²) in [6, 6.07) is -0.580. The van der Waals surface area contributed by atoms with E-state index in [2.05, 4.69) is 4.90 Å². The molecule has 0 saturated carbocycles. The van der Waals surface area contributed by atoms with Gasteiger partial charge >= 0.3 is 6.30 Å². The first-order valence-electron chi connectivity index (χ1n) is 5.65. The molecule has 0 spiro atoms. The van der Waals surface area contributed by atoms with Gasteiger partial charge in [0, 0.05) is 30.7 Å². The summed E-state index contributed by atoms with van der Waals surface area (Å²) in [4.78, 5) is 2.78. The summed E-state index contributed by atoms with van der Waals surface area (Å²) in [5.41, 5.74) is -0.0780. The Balaban J connectivity index is 2.81. The standard InChI is InChI=1S/C11H21F3N2/c1-8-9(2)16(11(12,13)14)7-6-15(8)10(3,4)5/h8-9H,6-7H2,1-5H3/t8-,9-/m0/s1. The van der Waals surface area contributed by atoms with Crippen molar-refractivity contribution < 1.29 is 13.2 Å². The molecule has 0 amide bonds. The maximum Gasteiger partial charge on any atom is 0.460 e. The van der Waals surface area contributed by atoms with E-state index in [0.29, 0.717) is 11.4 Å². The van der Waals surface area contributed by atoms with E-state index < -0.39 is 12.3 Å². The zero-order chi connectivity index (χ0) is 12.7. The first-order chi connectivity index (χ1) is 7.05. The van der Waals surface area contributed by atoms with E-state index in [9.17, 15) is 13.2 Å². The van der Waals surface area contributed by atoms with Crippen molar-refractivity contribution in [3.63, 3.8) is 0 Å². The fourth-order valence-corrected chi connectivity index (χ4v) is 2.45. The molecule has 1 fully saturated rings. The summed E-state index contributed by atoms with van der Waals surface area (Å²) in [5, 5.41) is 0. The highest BCUT2D eigenvalue weighted by Crippen LogP contribution is 2.31. The number of hydrogen-bond donors (Lipinski definition) is 0. The van der Waals surface area contributed by atoms with Gasteiger partial charge in [-0.3, -0.25) is 4.90 Å². The summed E-state index contributed by atoms with van der Waals surface area (Å²) in [6.07, 6.45) is -4.21. The molecule has 0 aliphatic carbocycles. The second-order valence-electron chi connectivity index (χ2n) is 5.51. The molecular weight excluding hydrogens is 217 g/mol. The van der Waals surface area contributed by atoms with Crippen molar-refractivity contribution in [2.45, 2.75) is 58.5 Å². The predicted molar refractivity (Wildman–Crippen MR) is 58.1 cm³/mol. The maximum absolute atomic E-state index is 12.7. The van der Waals surface area contributed by atoms with E-state index in [0.717, 1.165) is 0 Å². The lowest BCUT2D eigenvalue weighted by molar-refractivity contribution is -0.273. The lowest BCUT2D eigenvalue weighted by atomic mass is 9.97. The predicted octanol–water partition coefficient (Wildman–Crippen LogP) is 2.70. The van der Waals surface area contributed by atoms with E-state index in [-0.39, 0.29) is 18.1 Å². The molecule has 96 valence electrons. The molecule has 0 N–H and O–H groups in total. The van der Waals surface area contributed by atoms with Crippen molar-refractivity contribution in [1.29, 1.82) is 0 Å². The average molecular weight is 238 g/mol. The highest BCUT2D eigenvalue weighted by Gasteiger charge is 2.47. The molecule has 16 heavy (non-hydrogen) atoms. The lowest BCUT2D eigenvalue weighted by Gasteiger charge is -2.50. The Morgan fingerprint density at radius 2 is 1.25 bits per heavy atom. The van der Waals surface area contributed by atoms with E-state index >= 15 is 0 Å². The van der Waals surface area contributed by atoms with Crippen molar-refractivity contribution in [3.8, 4) is 0 Å². The third-order valence-electron chi connectivity index (χ3n) is 3.45. The van der Waals surface area contributed by atoms with Crippen LogP contribution in [0.2, 0.25) is 0 Å². The quantitative estimate of drug-likeness (QED) is 0.599. The maximum atomic E-state index is 12.7. The van der Waals surface area contributed by atoms with Gasteiger partial charge in [0.25, 0.3) is 0 Å². The van der Waals surface area contributed by atoms with Gasteiger partial charge in [0.1, 0.15) is 0 Å². The van der Waals surface area contributed by atoms with E-state index in [1.54, 1.807) is 6.92 Å². The van der Waals surface area contributed by atoms with Crippen LogP contribution in [0.3, 0.4) is 0 Å². The highest BCUT2D eigenvalue weighted by atomic mass is 19.4. The Morgan fingerprint density at radius 3 is 1.62 bits per heavy atom. The molecule has 0 unspecified atom stereocenters. The van der Waals surface area contributed by atoms with Gasteiger partial charge in [-0.15, -0.1) is 0 Å². The molecule has 0 bridgehead atoms. The van der Waals surface area contributed by atoms with Crippen molar-refractivity contribution in [2.75, 3.05) is 13.1 Å². The fourth-order valence-electron chi connectivity index (χ4n) is 2.45. The van der Waals surface area contributed by atoms with Crippen LogP contribution < -0.4 is 0 Å². The molecule has 0 aromatic rings. The molecule has 5 heteroatoms. The van der Waals surface area contributed by atoms with Crippen LogP contribution in [-0.2, 0) is 0 Å². The second-order valence-corrected chi connectivity index (χ2v) is 5.51. The summed E-state index contributed by atoms with van der Waals surface area (Å²) in [5.74, 6) is 0. The van der Waals surface area contributed by atoms with Crippen LogP contribution in [0.4, 0.5) is 13.2 Å². The van der Waals surface area contributed by atoms with Crippen molar-refractivity contribution in [1.82, 2.24) is 9.80 Å². The van der Waals surface area contributed by atoms with Crippen molar-refractivity contribution in [2.24, 2.45) is 0 Å². The Morgan fingerprint density at radius 1 is 0.875 bits per heavy atom. The van der Waals surface area contributed by atoms with Crippen LogP contribution in [0, 0.1) is 0 Å². The number of halogens is 3. The fraction of sp³-hybridized carbons (Fsp3) is 1.00. The minimum atomic E-state index is -4.21. The van der Waals surface area contributed by atoms with Crippen LogP contribution >= 0.6 is 0 Å². The monoisotopic (exact) mass is 238 g/mol. The third kappa shape index (κ3) is 2.69. The zero-order valence-electron chi connectivity index (χ0n) is 10.6. The minimum Gasteiger partial charge on any atom is -0.293 e. The summed E-state index contributed by atoms with van der Waals surface area (Å²) in [6.45, 7) is 10.2. The summed E-state index contributed by atoms with van der Waals surface area (Å²) in [7, 11) is 0. The van der Waals surface area contributed by atoms with Crippen LogP contribution in [0.1, 0.15) is 34.6 Å². The van der Waals surface area contributed by atoms with Gasteiger partial charge in [-0.25, -0.2) is 4.90 Å². The SMILES string of the molecule is C[C@H]1[C@H](C)N(C(F)(F)F)CCN1C(C)(C)C. The number of rotatable bonds is 0. The van der Waals surface area contributed by atoms with Gasteiger partial charge < -0.3 is 0 Å². The van der Waals surface area contributed by atoms with Gasteiger partial charge in [-0.05, 0) is 34.6 Å². The Kier molecular flexibility index (Phi) is 3.60. The van der Waals surface area contributed by atoms with Gasteiger partial charge in [-0.2, -0.15) is 13.2 Å². The topological polar surface area (TPSA) is 6.48 Å². The van der Waals surface area contributed by atoms with E-state index in [1.807, 2.05) is 27.7 Å². The zero-order valence-corrected chi connectivity index (χ0v) is 10.6. The van der Waals surface area contributed by atoms with E-state index in [4.69, 9.17) is 0 Å².